The highest BCUT2D eigenvalue weighted by molar-refractivity contribution is 7.97. The van der Waals surface area contributed by atoms with E-state index in [1.54, 1.807) is 0 Å². The molecule has 0 aromatic heterocycles. The summed E-state index contributed by atoms with van der Waals surface area (Å²) >= 11 is 1.81. The van der Waals surface area contributed by atoms with Crippen molar-refractivity contribution in [2.24, 2.45) is 0 Å². The van der Waals surface area contributed by atoms with Gasteiger partial charge in [0.1, 0.15) is 0 Å². The Morgan fingerprint density at radius 1 is 0.818 bits per heavy atom. The Balaban J connectivity index is 1.94. The Morgan fingerprint density at radius 3 is 2.18 bits per heavy atom. The average Bonchev–Trinajstić information content (AvgIpc) is 2.53. The fraction of sp³-hybridized carbons (Fsp3) is 0.368. The van der Waals surface area contributed by atoms with Gasteiger partial charge in [-0.1, -0.05) is 56.3 Å². The van der Waals surface area contributed by atoms with E-state index in [2.05, 4.69) is 84.7 Å². The van der Waals surface area contributed by atoms with E-state index in [9.17, 15) is 0 Å². The molecule has 0 saturated carbocycles. The van der Waals surface area contributed by atoms with Gasteiger partial charge in [0.25, 0.3) is 0 Å². The lowest BCUT2D eigenvalue weighted by molar-refractivity contribution is 0.295. The van der Waals surface area contributed by atoms with Crippen molar-refractivity contribution in [1.29, 1.82) is 0 Å². The van der Waals surface area contributed by atoms with Crippen LogP contribution in [0.25, 0.3) is 0 Å². The molecule has 3 heteroatoms. The number of benzene rings is 2. The summed E-state index contributed by atoms with van der Waals surface area (Å²) in [6.07, 6.45) is 0. The molecule has 0 unspecified atom stereocenters. The van der Waals surface area contributed by atoms with Crippen LogP contribution in [0.3, 0.4) is 0 Å². The summed E-state index contributed by atoms with van der Waals surface area (Å²) in [5.74, 6) is 0. The third kappa shape index (κ3) is 5.48. The molecule has 0 amide bonds. The first-order chi connectivity index (χ1) is 10.7. The molecule has 0 radical (unpaired) electrons. The van der Waals surface area contributed by atoms with E-state index in [1.165, 1.54) is 16.0 Å². The average molecular weight is 314 g/mol. The maximum absolute atomic E-state index is 2.44. The second-order valence-corrected chi connectivity index (χ2v) is 6.75. The lowest BCUT2D eigenvalue weighted by Crippen LogP contribution is -2.22. The molecule has 22 heavy (non-hydrogen) atoms. The van der Waals surface area contributed by atoms with Crippen LogP contribution in [0.15, 0.2) is 59.5 Å². The molecule has 0 aliphatic heterocycles. The van der Waals surface area contributed by atoms with Gasteiger partial charge in [-0.25, -0.2) is 4.31 Å². The molecular formula is C19H26N2S. The van der Waals surface area contributed by atoms with Gasteiger partial charge in [0.05, 0.1) is 0 Å². The lowest BCUT2D eigenvalue weighted by atomic mass is 10.2. The molecule has 2 rings (SSSR count). The summed E-state index contributed by atoms with van der Waals surface area (Å²) in [6, 6.07) is 19.5. The predicted molar refractivity (Wildman–Crippen MR) is 96.8 cm³/mol. The largest absolute Gasteiger partial charge is 0.300 e. The number of nitrogens with zero attached hydrogens (tertiary/aromatic N) is 2. The molecule has 0 aliphatic carbocycles. The van der Waals surface area contributed by atoms with Gasteiger partial charge >= 0.3 is 0 Å². The van der Waals surface area contributed by atoms with Crippen LogP contribution in [-0.4, -0.2) is 29.3 Å². The van der Waals surface area contributed by atoms with Crippen LogP contribution >= 0.6 is 11.9 Å². The molecule has 0 atom stereocenters. The summed E-state index contributed by atoms with van der Waals surface area (Å²) in [5, 5.41) is 0. The van der Waals surface area contributed by atoms with E-state index in [1.807, 2.05) is 11.9 Å². The van der Waals surface area contributed by atoms with E-state index < -0.39 is 0 Å². The zero-order chi connectivity index (χ0) is 15.8. The molecule has 118 valence electrons. The minimum atomic E-state index is 0.950. The Morgan fingerprint density at radius 2 is 1.50 bits per heavy atom. The summed E-state index contributed by atoms with van der Waals surface area (Å²) in [7, 11) is 2.15. The quantitative estimate of drug-likeness (QED) is 0.654. The van der Waals surface area contributed by atoms with Gasteiger partial charge in [-0.3, -0.25) is 4.90 Å². The van der Waals surface area contributed by atoms with Crippen LogP contribution in [0, 0.1) is 0 Å². The van der Waals surface area contributed by atoms with Crippen molar-refractivity contribution in [3.63, 3.8) is 0 Å². The van der Waals surface area contributed by atoms with Crippen molar-refractivity contribution < 1.29 is 0 Å². The van der Waals surface area contributed by atoms with Crippen molar-refractivity contribution in [1.82, 2.24) is 9.21 Å². The van der Waals surface area contributed by atoms with Crippen LogP contribution < -0.4 is 0 Å². The lowest BCUT2D eigenvalue weighted by Gasteiger charge is -2.19. The third-order valence-corrected chi connectivity index (χ3v) is 4.61. The maximum atomic E-state index is 2.44. The zero-order valence-corrected chi connectivity index (χ0v) is 14.6. The van der Waals surface area contributed by atoms with Gasteiger partial charge in [0, 0.05) is 18.0 Å². The van der Waals surface area contributed by atoms with Crippen molar-refractivity contribution >= 4 is 11.9 Å². The molecule has 0 saturated heterocycles. The Bertz CT molecular complexity index is 552. The SMILES string of the molecule is CCN(CC)Cc1cccc(SN(C)Cc2ccccc2)c1. The van der Waals surface area contributed by atoms with Crippen molar-refractivity contribution in [2.75, 3.05) is 20.1 Å². The first-order valence-electron chi connectivity index (χ1n) is 7.95. The van der Waals surface area contributed by atoms with Crippen LogP contribution in [-0.2, 0) is 13.1 Å². The normalized spacial score (nSPS) is 11.3. The molecule has 2 aromatic rings. The van der Waals surface area contributed by atoms with Crippen LogP contribution in [0.2, 0.25) is 0 Å². The van der Waals surface area contributed by atoms with Crippen molar-refractivity contribution in [2.45, 2.75) is 31.8 Å². The topological polar surface area (TPSA) is 6.48 Å². The Kier molecular flexibility index (Phi) is 6.97. The van der Waals surface area contributed by atoms with Gasteiger partial charge in [0.2, 0.25) is 0 Å². The molecule has 2 aromatic carbocycles. The van der Waals surface area contributed by atoms with Gasteiger partial charge in [-0.2, -0.15) is 0 Å². The molecule has 0 fully saturated rings. The minimum Gasteiger partial charge on any atom is -0.300 e. The molecule has 2 nitrogen and oxygen atoms in total. The monoisotopic (exact) mass is 314 g/mol. The molecule has 0 aliphatic rings. The Labute approximate surface area is 139 Å². The highest BCUT2D eigenvalue weighted by Crippen LogP contribution is 2.24. The van der Waals surface area contributed by atoms with Crippen molar-refractivity contribution in [3.05, 3.63) is 65.7 Å². The smallest absolute Gasteiger partial charge is 0.0340 e. The standard InChI is InChI=1S/C19H26N2S/c1-4-21(5-2)16-18-12-9-13-19(14-18)22-20(3)15-17-10-7-6-8-11-17/h6-14H,4-5,15-16H2,1-3H3. The second-order valence-electron chi connectivity index (χ2n) is 5.47. The summed E-state index contributed by atoms with van der Waals surface area (Å²) < 4.78 is 2.28. The molecule has 0 N–H and O–H groups in total. The summed E-state index contributed by atoms with van der Waals surface area (Å²) in [6.45, 7) is 8.62. The number of hydrogen-bond donors (Lipinski definition) is 0. The zero-order valence-electron chi connectivity index (χ0n) is 13.8. The van der Waals surface area contributed by atoms with Crippen LogP contribution in [0.1, 0.15) is 25.0 Å². The van der Waals surface area contributed by atoms with Gasteiger partial charge in [-0.15, -0.1) is 0 Å². The fourth-order valence-corrected chi connectivity index (χ4v) is 3.38. The van der Waals surface area contributed by atoms with E-state index in [4.69, 9.17) is 0 Å². The number of hydrogen-bond acceptors (Lipinski definition) is 3. The minimum absolute atomic E-state index is 0.950. The second kappa shape index (κ2) is 8.99. The predicted octanol–water partition coefficient (Wildman–Crippen LogP) is 4.67. The van der Waals surface area contributed by atoms with Crippen LogP contribution in [0.5, 0.6) is 0 Å². The highest BCUT2D eigenvalue weighted by Gasteiger charge is 2.05. The molecule has 0 spiro atoms. The van der Waals surface area contributed by atoms with Crippen LogP contribution in [0.4, 0.5) is 0 Å². The van der Waals surface area contributed by atoms with Gasteiger partial charge in [-0.05, 0) is 55.3 Å². The van der Waals surface area contributed by atoms with E-state index >= 15 is 0 Å². The van der Waals surface area contributed by atoms with E-state index in [0.29, 0.717) is 0 Å². The Hall–Kier alpha value is -1.29. The first-order valence-corrected chi connectivity index (χ1v) is 8.73. The molecule has 0 heterocycles. The first kappa shape index (κ1) is 17.1. The van der Waals surface area contributed by atoms with Gasteiger partial charge in [0.15, 0.2) is 0 Å². The molecular weight excluding hydrogens is 288 g/mol. The highest BCUT2D eigenvalue weighted by atomic mass is 32.2. The molecule has 0 bridgehead atoms. The van der Waals surface area contributed by atoms with Gasteiger partial charge < -0.3 is 0 Å². The van der Waals surface area contributed by atoms with E-state index in [0.717, 1.165) is 26.2 Å². The van der Waals surface area contributed by atoms with Crippen molar-refractivity contribution in [3.8, 4) is 0 Å². The fourth-order valence-electron chi connectivity index (χ4n) is 2.46. The van der Waals surface area contributed by atoms with E-state index in [-0.39, 0.29) is 0 Å². The third-order valence-electron chi connectivity index (χ3n) is 3.71. The maximum Gasteiger partial charge on any atom is 0.0340 e. The number of rotatable bonds is 8. The summed E-state index contributed by atoms with van der Waals surface area (Å²) in [5.41, 5.74) is 2.73. The summed E-state index contributed by atoms with van der Waals surface area (Å²) in [4.78, 5) is 3.75.